The second kappa shape index (κ2) is 6.14. The largest absolute Gasteiger partial charge is 0.494 e. The van der Waals surface area contributed by atoms with Crippen molar-refractivity contribution < 1.29 is 18.3 Å². The summed E-state index contributed by atoms with van der Waals surface area (Å²) in [7, 11) is 2.81. The van der Waals surface area contributed by atoms with Gasteiger partial charge in [-0.3, -0.25) is 0 Å². The summed E-state index contributed by atoms with van der Waals surface area (Å²) in [4.78, 5) is 13.1. The van der Waals surface area contributed by atoms with E-state index in [4.69, 9.17) is 9.47 Å². The van der Waals surface area contributed by atoms with Crippen LogP contribution in [-0.4, -0.2) is 29.2 Å². The molecule has 0 bridgehead atoms. The van der Waals surface area contributed by atoms with E-state index in [1.807, 2.05) is 19.1 Å². The number of aryl methyl sites for hydroxylation is 1. The van der Waals surface area contributed by atoms with Crippen LogP contribution in [0.15, 0.2) is 24.4 Å². The number of methoxy groups -OCH3 is 2. The lowest BCUT2D eigenvalue weighted by molar-refractivity contribution is 0.374. The van der Waals surface area contributed by atoms with Crippen molar-refractivity contribution in [1.29, 1.82) is 0 Å². The zero-order chi connectivity index (χ0) is 18.4. The molecule has 2 aromatic heterocycles. The summed E-state index contributed by atoms with van der Waals surface area (Å²) in [5, 5.41) is 0.528. The van der Waals surface area contributed by atoms with Gasteiger partial charge in [0.25, 0.3) is 0 Å². The Labute approximate surface area is 151 Å². The first-order valence-electron chi connectivity index (χ1n) is 7.66. The molecule has 0 spiro atoms. The maximum atomic E-state index is 14.3. The van der Waals surface area contributed by atoms with E-state index >= 15 is 0 Å². The van der Waals surface area contributed by atoms with Crippen molar-refractivity contribution in [2.45, 2.75) is 6.92 Å². The lowest BCUT2D eigenvalue weighted by Crippen LogP contribution is -1.94. The summed E-state index contributed by atoms with van der Waals surface area (Å²) < 4.78 is 38.8. The van der Waals surface area contributed by atoms with Crippen molar-refractivity contribution in [3.8, 4) is 22.2 Å². The van der Waals surface area contributed by atoms with Crippen LogP contribution in [0.4, 0.5) is 8.78 Å². The van der Waals surface area contributed by atoms with E-state index in [9.17, 15) is 8.78 Å². The van der Waals surface area contributed by atoms with E-state index < -0.39 is 11.6 Å². The molecule has 0 fully saturated rings. The van der Waals surface area contributed by atoms with Gasteiger partial charge in [-0.05, 0) is 24.6 Å². The fourth-order valence-corrected chi connectivity index (χ4v) is 3.76. The molecule has 0 saturated heterocycles. The Balaban J connectivity index is 1.99. The van der Waals surface area contributed by atoms with E-state index in [1.165, 1.54) is 37.8 Å². The summed E-state index contributed by atoms with van der Waals surface area (Å²) in [6.45, 7) is 1.92. The van der Waals surface area contributed by atoms with Crippen molar-refractivity contribution in [3.63, 3.8) is 0 Å². The maximum absolute atomic E-state index is 14.3. The molecule has 5 nitrogen and oxygen atoms in total. The highest BCUT2D eigenvalue weighted by Gasteiger charge is 2.20. The SMILES string of the molecule is COc1cnc2c(-c3nc4c(F)c(F)c(OC)cc4s3)cc(C)cc2n1. The van der Waals surface area contributed by atoms with Gasteiger partial charge in [0.1, 0.15) is 10.5 Å². The van der Waals surface area contributed by atoms with Crippen LogP contribution in [0.5, 0.6) is 11.6 Å². The van der Waals surface area contributed by atoms with Crippen molar-refractivity contribution in [2.24, 2.45) is 0 Å². The molecule has 0 N–H and O–H groups in total. The highest BCUT2D eigenvalue weighted by molar-refractivity contribution is 7.21. The standard InChI is InChI=1S/C18H13F2N3O2S/c1-8-4-9(16-10(5-8)22-13(25-3)7-21-16)18-23-17-12(26-18)6-11(24-2)14(19)15(17)20/h4-7H,1-3H3. The Morgan fingerprint density at radius 3 is 2.50 bits per heavy atom. The highest BCUT2D eigenvalue weighted by atomic mass is 32.1. The number of halogens is 2. The zero-order valence-electron chi connectivity index (χ0n) is 14.1. The third-order valence-electron chi connectivity index (χ3n) is 3.96. The predicted molar refractivity (Wildman–Crippen MR) is 95.9 cm³/mol. The number of benzene rings is 2. The molecule has 0 unspecified atom stereocenters. The van der Waals surface area contributed by atoms with Gasteiger partial charge in [-0.1, -0.05) is 0 Å². The van der Waals surface area contributed by atoms with Gasteiger partial charge in [0.05, 0.1) is 36.1 Å². The van der Waals surface area contributed by atoms with E-state index in [-0.39, 0.29) is 11.3 Å². The number of aromatic nitrogens is 3. The lowest BCUT2D eigenvalue weighted by Gasteiger charge is -2.06. The number of ether oxygens (including phenoxy) is 2. The molecule has 132 valence electrons. The summed E-state index contributed by atoms with van der Waals surface area (Å²) >= 11 is 1.24. The van der Waals surface area contributed by atoms with Gasteiger partial charge in [0, 0.05) is 11.6 Å². The first-order chi connectivity index (χ1) is 12.5. The fourth-order valence-electron chi connectivity index (χ4n) is 2.75. The smallest absolute Gasteiger partial charge is 0.232 e. The number of hydrogen-bond acceptors (Lipinski definition) is 6. The van der Waals surface area contributed by atoms with Gasteiger partial charge in [0.2, 0.25) is 11.7 Å². The molecule has 0 atom stereocenters. The average molecular weight is 373 g/mol. The summed E-state index contributed by atoms with van der Waals surface area (Å²) in [6.07, 6.45) is 1.51. The van der Waals surface area contributed by atoms with E-state index in [0.29, 0.717) is 32.2 Å². The van der Waals surface area contributed by atoms with Gasteiger partial charge in [-0.25, -0.2) is 19.3 Å². The van der Waals surface area contributed by atoms with Gasteiger partial charge in [0.15, 0.2) is 11.6 Å². The van der Waals surface area contributed by atoms with Crippen LogP contribution in [0.2, 0.25) is 0 Å². The van der Waals surface area contributed by atoms with E-state index in [0.717, 1.165) is 5.56 Å². The van der Waals surface area contributed by atoms with E-state index in [1.54, 1.807) is 0 Å². The van der Waals surface area contributed by atoms with Crippen LogP contribution in [0.3, 0.4) is 0 Å². The summed E-state index contributed by atoms with van der Waals surface area (Å²) in [5.74, 6) is -1.82. The van der Waals surface area contributed by atoms with Gasteiger partial charge in [-0.2, -0.15) is 4.39 Å². The minimum Gasteiger partial charge on any atom is -0.494 e. The third-order valence-corrected chi connectivity index (χ3v) is 5.00. The highest BCUT2D eigenvalue weighted by Crippen LogP contribution is 2.38. The first kappa shape index (κ1) is 16.6. The predicted octanol–water partition coefficient (Wildman–Crippen LogP) is 4.51. The summed E-state index contributed by atoms with van der Waals surface area (Å²) in [5.41, 5.74) is 2.87. The Hall–Kier alpha value is -2.87. The van der Waals surface area contributed by atoms with Crippen LogP contribution in [0, 0.1) is 18.6 Å². The second-order valence-electron chi connectivity index (χ2n) is 5.67. The van der Waals surface area contributed by atoms with Gasteiger partial charge < -0.3 is 9.47 Å². The minimum absolute atomic E-state index is 0.0283. The Morgan fingerprint density at radius 2 is 1.77 bits per heavy atom. The molecule has 0 amide bonds. The molecular weight excluding hydrogens is 360 g/mol. The van der Waals surface area contributed by atoms with Crippen LogP contribution < -0.4 is 9.47 Å². The second-order valence-corrected chi connectivity index (χ2v) is 6.70. The maximum Gasteiger partial charge on any atom is 0.232 e. The molecule has 4 aromatic rings. The number of fused-ring (bicyclic) bond motifs is 2. The molecule has 8 heteroatoms. The molecule has 0 radical (unpaired) electrons. The summed E-state index contributed by atoms with van der Waals surface area (Å²) in [6, 6.07) is 5.22. The monoisotopic (exact) mass is 373 g/mol. The quantitative estimate of drug-likeness (QED) is 0.529. The third kappa shape index (κ3) is 2.53. The molecule has 0 aliphatic carbocycles. The molecule has 26 heavy (non-hydrogen) atoms. The Bertz CT molecular complexity index is 1160. The molecular formula is C18H13F2N3O2S. The Morgan fingerprint density at radius 1 is 0.962 bits per heavy atom. The molecule has 2 aromatic carbocycles. The van der Waals surface area contributed by atoms with Crippen LogP contribution >= 0.6 is 11.3 Å². The number of nitrogens with zero attached hydrogens (tertiary/aromatic N) is 3. The molecule has 4 rings (SSSR count). The van der Waals surface area contributed by atoms with Crippen LogP contribution in [0.25, 0.3) is 31.8 Å². The van der Waals surface area contributed by atoms with E-state index in [2.05, 4.69) is 15.0 Å². The van der Waals surface area contributed by atoms with Crippen LogP contribution in [-0.2, 0) is 0 Å². The zero-order valence-corrected chi connectivity index (χ0v) is 14.9. The average Bonchev–Trinajstić information content (AvgIpc) is 3.07. The van der Waals surface area contributed by atoms with Crippen molar-refractivity contribution >= 4 is 32.6 Å². The topological polar surface area (TPSA) is 57.1 Å². The molecule has 0 saturated carbocycles. The minimum atomic E-state index is -1.05. The molecule has 2 heterocycles. The lowest BCUT2D eigenvalue weighted by atomic mass is 10.1. The fraction of sp³-hybridized carbons (Fsp3) is 0.167. The van der Waals surface area contributed by atoms with Gasteiger partial charge in [-0.15, -0.1) is 11.3 Å². The van der Waals surface area contributed by atoms with Crippen molar-refractivity contribution in [1.82, 2.24) is 15.0 Å². The number of hydrogen-bond donors (Lipinski definition) is 0. The normalized spacial score (nSPS) is 11.3. The first-order valence-corrected chi connectivity index (χ1v) is 8.47. The Kier molecular flexibility index (Phi) is 3.91. The number of rotatable bonds is 3. The van der Waals surface area contributed by atoms with Crippen LogP contribution in [0.1, 0.15) is 5.56 Å². The van der Waals surface area contributed by atoms with Gasteiger partial charge >= 0.3 is 0 Å². The van der Waals surface area contributed by atoms with Crippen molar-refractivity contribution in [3.05, 3.63) is 41.6 Å². The van der Waals surface area contributed by atoms with Crippen molar-refractivity contribution in [2.75, 3.05) is 14.2 Å². The number of thiazole rings is 1. The molecule has 0 aliphatic rings. The molecule has 0 aliphatic heterocycles.